The molecule has 0 unspecified atom stereocenters. The second-order valence-corrected chi connectivity index (χ2v) is 7.67. The first-order valence-electron chi connectivity index (χ1n) is 7.51. The number of nitrogens with zero attached hydrogens (tertiary/aromatic N) is 2. The van der Waals surface area contributed by atoms with E-state index in [2.05, 4.69) is 54.4 Å². The molecule has 1 aliphatic carbocycles. The van der Waals surface area contributed by atoms with Gasteiger partial charge in [0.2, 0.25) is 0 Å². The Labute approximate surface area is 139 Å². The normalized spacial score (nSPS) is 17.6. The molecule has 118 valence electrons. The maximum absolute atomic E-state index is 6.33. The molecular formula is C17H22AgClN2. The Kier molecular flexibility index (Phi) is 4.60. The van der Waals surface area contributed by atoms with Crippen LogP contribution in [0.15, 0.2) is 24.5 Å². The van der Waals surface area contributed by atoms with Gasteiger partial charge in [-0.15, -0.1) is 0 Å². The molecule has 1 fully saturated rings. The van der Waals surface area contributed by atoms with Crippen LogP contribution in [-0.4, -0.2) is 9.13 Å². The van der Waals surface area contributed by atoms with Gasteiger partial charge in [-0.05, 0) is 0 Å². The molecule has 1 aliphatic rings. The molecule has 1 heterocycles. The summed E-state index contributed by atoms with van der Waals surface area (Å²) in [5.74, 6) is 0. The number of aryl methyl sites for hydroxylation is 3. The fraction of sp³-hybridized carbons (Fsp3) is 0.471. The number of aromatic nitrogens is 2. The zero-order chi connectivity index (χ0) is 15.0. The molecule has 2 nitrogen and oxygen atoms in total. The van der Waals surface area contributed by atoms with E-state index < -0.39 is 0 Å². The van der Waals surface area contributed by atoms with Crippen LogP contribution in [0.5, 0.6) is 0 Å². The minimum absolute atomic E-state index is 0.272. The van der Waals surface area contributed by atoms with Crippen molar-refractivity contribution >= 4 is 9.19 Å². The molecule has 3 rings (SSSR count). The average Bonchev–Trinajstić information content (AvgIpc) is 3.05. The number of hydrogen-bond acceptors (Lipinski definition) is 0. The molecule has 0 N–H and O–H groups in total. The molecule has 0 spiro atoms. The van der Waals surface area contributed by atoms with Gasteiger partial charge in [0.1, 0.15) is 0 Å². The first-order chi connectivity index (χ1) is 10.1. The molecule has 0 atom stereocenters. The monoisotopic (exact) mass is 396 g/mol. The van der Waals surface area contributed by atoms with Crippen LogP contribution in [0.1, 0.15) is 48.4 Å². The topological polar surface area (TPSA) is 9.86 Å². The predicted molar refractivity (Wildman–Crippen MR) is 84.6 cm³/mol. The first-order valence-corrected chi connectivity index (χ1v) is 10.2. The molecule has 4 heteroatoms. The van der Waals surface area contributed by atoms with Crippen molar-refractivity contribution in [3.63, 3.8) is 0 Å². The Balaban J connectivity index is 2.16. The van der Waals surface area contributed by atoms with E-state index >= 15 is 0 Å². The van der Waals surface area contributed by atoms with Gasteiger partial charge in [0, 0.05) is 0 Å². The first kappa shape index (κ1) is 15.4. The fourth-order valence-electron chi connectivity index (χ4n) is 3.58. The number of rotatable bonds is 2. The molecule has 0 amide bonds. The van der Waals surface area contributed by atoms with Crippen molar-refractivity contribution in [3.05, 3.63) is 44.8 Å². The maximum atomic E-state index is 6.33. The van der Waals surface area contributed by atoms with Crippen molar-refractivity contribution in [2.75, 3.05) is 0 Å². The van der Waals surface area contributed by atoms with Gasteiger partial charge in [-0.25, -0.2) is 0 Å². The number of halogens is 1. The molecule has 2 aromatic rings. The number of imidazole rings is 1. The third kappa shape index (κ3) is 2.87. The number of hydrogen-bond donors (Lipinski definition) is 0. The van der Waals surface area contributed by atoms with Crippen LogP contribution in [-0.2, 0) is 18.2 Å². The summed E-state index contributed by atoms with van der Waals surface area (Å²) in [6, 6.07) is 5.15. The van der Waals surface area contributed by atoms with Gasteiger partial charge < -0.3 is 0 Å². The van der Waals surface area contributed by atoms with Crippen LogP contribution in [0.2, 0.25) is 0 Å². The zero-order valence-corrected chi connectivity index (χ0v) is 15.0. The van der Waals surface area contributed by atoms with Gasteiger partial charge in [0.25, 0.3) is 0 Å². The predicted octanol–water partition coefficient (Wildman–Crippen LogP) is 5.09. The van der Waals surface area contributed by atoms with E-state index in [4.69, 9.17) is 9.19 Å². The standard InChI is InChI=1S/C17H22N2.Ag.ClH/c1-13-10-14(2)17(15(3)11-13)19-9-8-18(12-19)16-6-4-5-7-16;;/h8-11,16H,4-7H2,1-3H3;;1H/q;+1;/p-1. The Morgan fingerprint density at radius 1 is 1.05 bits per heavy atom. The summed E-state index contributed by atoms with van der Waals surface area (Å²) >= 11 is 0.272. The van der Waals surface area contributed by atoms with E-state index in [1.807, 2.05) is 0 Å². The molecule has 0 bridgehead atoms. The van der Waals surface area contributed by atoms with E-state index in [0.29, 0.717) is 6.04 Å². The Morgan fingerprint density at radius 2 is 1.67 bits per heavy atom. The molecule has 21 heavy (non-hydrogen) atoms. The SMILES string of the molecule is Cc1cc(C)c(-n2ccn(C3CCCC3)[c]2=[Ag][Cl])c(C)c1. The molecule has 0 aliphatic heterocycles. The van der Waals surface area contributed by atoms with E-state index in [-0.39, 0.29) is 18.2 Å². The van der Waals surface area contributed by atoms with Crippen LogP contribution < -0.4 is 0 Å². The second-order valence-electron chi connectivity index (χ2n) is 6.05. The van der Waals surface area contributed by atoms with Crippen molar-refractivity contribution < 1.29 is 18.2 Å². The molecule has 1 saturated carbocycles. The van der Waals surface area contributed by atoms with Gasteiger partial charge in [-0.2, -0.15) is 0 Å². The van der Waals surface area contributed by atoms with Crippen molar-refractivity contribution in [2.24, 2.45) is 0 Å². The van der Waals surface area contributed by atoms with Gasteiger partial charge in [0.15, 0.2) is 0 Å². The van der Waals surface area contributed by atoms with Gasteiger partial charge in [-0.3, -0.25) is 0 Å². The Hall–Kier alpha value is -0.540. The van der Waals surface area contributed by atoms with Crippen LogP contribution in [0.25, 0.3) is 5.69 Å². The molecule has 0 radical (unpaired) electrons. The number of benzene rings is 1. The summed E-state index contributed by atoms with van der Waals surface area (Å²) in [7, 11) is 6.33. The van der Waals surface area contributed by atoms with Crippen LogP contribution >= 0.6 is 9.19 Å². The van der Waals surface area contributed by atoms with Crippen molar-refractivity contribution in [1.29, 1.82) is 0 Å². The third-order valence-electron chi connectivity index (χ3n) is 4.40. The molecular weight excluding hydrogens is 376 g/mol. The van der Waals surface area contributed by atoms with E-state index in [9.17, 15) is 0 Å². The van der Waals surface area contributed by atoms with Crippen molar-refractivity contribution in [3.8, 4) is 5.69 Å². The summed E-state index contributed by atoms with van der Waals surface area (Å²) in [5, 5.41) is 0. The minimum atomic E-state index is 0.272. The summed E-state index contributed by atoms with van der Waals surface area (Å²) < 4.78 is 5.95. The Bertz CT molecular complexity index is 698. The van der Waals surface area contributed by atoms with E-state index in [0.717, 1.165) is 0 Å². The van der Waals surface area contributed by atoms with Crippen molar-refractivity contribution in [2.45, 2.75) is 52.5 Å². The molecule has 0 saturated heterocycles. The van der Waals surface area contributed by atoms with Gasteiger partial charge in [-0.1, -0.05) is 0 Å². The quantitative estimate of drug-likeness (QED) is 0.625. The van der Waals surface area contributed by atoms with Gasteiger partial charge in [0.05, 0.1) is 0 Å². The summed E-state index contributed by atoms with van der Waals surface area (Å²) in [6.45, 7) is 6.54. The summed E-state index contributed by atoms with van der Waals surface area (Å²) in [5.41, 5.74) is 5.25. The third-order valence-corrected chi connectivity index (χ3v) is 5.99. The molecule has 1 aromatic heterocycles. The summed E-state index contributed by atoms with van der Waals surface area (Å²) in [4.78, 5) is 0. The van der Waals surface area contributed by atoms with Gasteiger partial charge >= 0.3 is 140 Å². The van der Waals surface area contributed by atoms with Crippen LogP contribution in [0, 0.1) is 24.4 Å². The summed E-state index contributed by atoms with van der Waals surface area (Å²) in [6.07, 6.45) is 9.67. The fourth-order valence-corrected chi connectivity index (χ4v) is 5.19. The molecule has 1 aromatic carbocycles. The average molecular weight is 398 g/mol. The zero-order valence-electron chi connectivity index (χ0n) is 12.8. The van der Waals surface area contributed by atoms with E-state index in [1.165, 1.54) is 51.7 Å². The van der Waals surface area contributed by atoms with E-state index in [1.54, 1.807) is 0 Å². The Morgan fingerprint density at radius 3 is 2.24 bits per heavy atom. The van der Waals surface area contributed by atoms with Crippen LogP contribution in [0.3, 0.4) is 0 Å². The second kappa shape index (κ2) is 6.29. The van der Waals surface area contributed by atoms with Crippen LogP contribution in [0.4, 0.5) is 0 Å². The van der Waals surface area contributed by atoms with Crippen molar-refractivity contribution in [1.82, 2.24) is 9.13 Å².